The molecule has 0 saturated carbocycles. The van der Waals surface area contributed by atoms with E-state index in [9.17, 15) is 10.1 Å². The maximum Gasteiger partial charge on any atom is 0.226 e. The van der Waals surface area contributed by atoms with Crippen LogP contribution in [0.5, 0.6) is 0 Å². The molecule has 3 atom stereocenters. The average molecular weight is 518 g/mol. The summed E-state index contributed by atoms with van der Waals surface area (Å²) in [5.74, 6) is 0.521. The normalized spacial score (nSPS) is 28.1. The number of Topliss-reactive ketones (excluding diaryl/α,β-unsaturated/α-hetero) is 1. The minimum Gasteiger partial charge on any atom is -0.401 e. The number of nitrogen functional groups attached to an aromatic ring is 1. The van der Waals surface area contributed by atoms with Gasteiger partial charge in [0.15, 0.2) is 0 Å². The highest BCUT2D eigenvalue weighted by Gasteiger charge is 2.46. The molecule has 0 unspecified atom stereocenters. The first kappa shape index (κ1) is 24.4. The number of anilines is 2. The number of carbonyl (C=O) groups is 1. The fourth-order valence-electron chi connectivity index (χ4n) is 7.43. The van der Waals surface area contributed by atoms with E-state index in [1.807, 2.05) is 0 Å². The molecule has 2 aliphatic carbocycles. The molecule has 2 fully saturated rings. The lowest BCUT2D eigenvalue weighted by Gasteiger charge is -2.42. The number of rotatable bonds is 3. The van der Waals surface area contributed by atoms with E-state index in [1.165, 1.54) is 30.7 Å². The van der Waals surface area contributed by atoms with Crippen molar-refractivity contribution in [2.24, 2.45) is 5.73 Å². The van der Waals surface area contributed by atoms with Crippen molar-refractivity contribution in [2.45, 2.75) is 82.2 Å². The second kappa shape index (κ2) is 9.41. The molecule has 2 saturated heterocycles. The molecule has 4 aliphatic rings. The minimum absolute atomic E-state index is 0.112. The number of aromatic nitrogens is 2. The Labute approximate surface area is 222 Å². The van der Waals surface area contributed by atoms with E-state index in [4.69, 9.17) is 16.5 Å². The first-order chi connectivity index (χ1) is 17.9. The Morgan fingerprint density at radius 2 is 1.95 bits per heavy atom. The van der Waals surface area contributed by atoms with Crippen LogP contribution in [-0.2, 0) is 11.8 Å². The minimum atomic E-state index is -0.489. The largest absolute Gasteiger partial charge is 0.401 e. The van der Waals surface area contributed by atoms with Crippen LogP contribution in [0.15, 0.2) is 23.5 Å². The predicted molar refractivity (Wildman–Crippen MR) is 146 cm³/mol. The molecule has 0 radical (unpaired) electrons. The van der Waals surface area contributed by atoms with Gasteiger partial charge in [0.2, 0.25) is 11.7 Å². The van der Waals surface area contributed by atoms with Crippen LogP contribution < -0.4 is 16.4 Å². The van der Waals surface area contributed by atoms with Gasteiger partial charge in [0.25, 0.3) is 0 Å². The van der Waals surface area contributed by atoms with Crippen LogP contribution in [0.25, 0.3) is 0 Å². The smallest absolute Gasteiger partial charge is 0.226 e. The van der Waals surface area contributed by atoms with Crippen LogP contribution in [0.3, 0.4) is 0 Å². The Kier molecular flexibility index (Phi) is 6.20. The second-order valence-corrected chi connectivity index (χ2v) is 12.2. The van der Waals surface area contributed by atoms with Crippen LogP contribution >= 0.6 is 11.3 Å². The molecule has 2 aromatic heterocycles. The number of nitrogens with zero attached hydrogens (tertiary/aromatic N) is 5. The number of nitrogens with two attached hydrogens (primary N) is 2. The third-order valence-corrected chi connectivity index (χ3v) is 10.3. The van der Waals surface area contributed by atoms with Gasteiger partial charge in [-0.05, 0) is 82.9 Å². The quantitative estimate of drug-likeness (QED) is 0.587. The zero-order chi connectivity index (χ0) is 25.7. The van der Waals surface area contributed by atoms with E-state index in [-0.39, 0.29) is 5.78 Å². The van der Waals surface area contributed by atoms with Crippen molar-refractivity contribution in [1.82, 2.24) is 14.9 Å². The van der Waals surface area contributed by atoms with Gasteiger partial charge in [0.05, 0.1) is 5.56 Å². The van der Waals surface area contributed by atoms with Crippen LogP contribution in [0.2, 0.25) is 0 Å². The molecule has 194 valence electrons. The molecule has 9 heteroatoms. The van der Waals surface area contributed by atoms with Crippen LogP contribution in [0, 0.1) is 11.3 Å². The van der Waals surface area contributed by atoms with E-state index in [0.717, 1.165) is 62.1 Å². The van der Waals surface area contributed by atoms with Crippen molar-refractivity contribution in [3.63, 3.8) is 0 Å². The van der Waals surface area contributed by atoms with Crippen LogP contribution in [0.1, 0.15) is 84.8 Å². The van der Waals surface area contributed by atoms with Crippen molar-refractivity contribution in [2.75, 3.05) is 30.3 Å². The Balaban J connectivity index is 1.36. The lowest BCUT2D eigenvalue weighted by Crippen LogP contribution is -2.45. The van der Waals surface area contributed by atoms with E-state index >= 15 is 0 Å². The highest BCUT2D eigenvalue weighted by atomic mass is 32.1. The van der Waals surface area contributed by atoms with Crippen molar-refractivity contribution in [3.05, 3.63) is 45.2 Å². The number of fused-ring (bicyclic) bond motifs is 3. The number of thiophene rings is 1. The Hall–Kier alpha value is -2.96. The third-order valence-electron chi connectivity index (χ3n) is 9.19. The Bertz CT molecular complexity index is 1310. The summed E-state index contributed by atoms with van der Waals surface area (Å²) in [6.45, 7) is 5.43. The Morgan fingerprint density at radius 1 is 1.16 bits per heavy atom. The molecule has 0 aromatic carbocycles. The summed E-state index contributed by atoms with van der Waals surface area (Å²) >= 11 is 1.51. The molecule has 4 N–H and O–H groups in total. The molecule has 6 rings (SSSR count). The molecule has 8 nitrogen and oxygen atoms in total. The third kappa shape index (κ3) is 3.84. The molecule has 2 aromatic rings. The molecule has 2 aliphatic heterocycles. The van der Waals surface area contributed by atoms with Crippen molar-refractivity contribution < 1.29 is 4.79 Å². The number of aryl methyl sites for hydroxylation is 1. The Morgan fingerprint density at radius 3 is 2.76 bits per heavy atom. The molecule has 0 bridgehead atoms. The van der Waals surface area contributed by atoms with Crippen LogP contribution in [0.4, 0.5) is 10.9 Å². The standard InChI is InChI=1S/C28H35N7OS/c1-17-21-7-4-13-34(21)14-5-15-35(17)27-32-12-9-20(33-27)24(36)18-6-2-10-28(25(18)30)11-3-8-22-23(28)19(16-29)26(31)37-22/h9,12,17,21H,2-8,10-11,13-15,30-31H2,1H3/t17-,21-,28-/m0/s1. The average Bonchev–Trinajstić information content (AvgIpc) is 3.47. The predicted octanol–water partition coefficient (Wildman–Crippen LogP) is 3.91. The molecule has 37 heavy (non-hydrogen) atoms. The highest BCUT2D eigenvalue weighted by molar-refractivity contribution is 7.16. The highest BCUT2D eigenvalue weighted by Crippen LogP contribution is 2.53. The number of carbonyl (C=O) groups excluding carboxylic acids is 1. The molecule has 4 heterocycles. The molecule has 0 amide bonds. The summed E-state index contributed by atoms with van der Waals surface area (Å²) in [6.07, 6.45) is 10.2. The van der Waals surface area contributed by atoms with Gasteiger partial charge in [-0.3, -0.25) is 9.69 Å². The first-order valence-electron chi connectivity index (χ1n) is 13.6. The van der Waals surface area contributed by atoms with Gasteiger partial charge in [0.1, 0.15) is 16.8 Å². The monoisotopic (exact) mass is 517 g/mol. The molecular weight excluding hydrogens is 482 g/mol. The van der Waals surface area contributed by atoms with E-state index in [2.05, 4.69) is 27.8 Å². The van der Waals surface area contributed by atoms with Crippen molar-refractivity contribution in [3.8, 4) is 6.07 Å². The van der Waals surface area contributed by atoms with Gasteiger partial charge in [-0.25, -0.2) is 9.97 Å². The molecular formula is C28H35N7OS. The van der Waals surface area contributed by atoms with Gasteiger partial charge >= 0.3 is 0 Å². The number of ketones is 1. The fourth-order valence-corrected chi connectivity index (χ4v) is 8.59. The SMILES string of the molecule is C[C@H]1[C@@H]2CCCN2CCCN1c1nccc(C(=O)C2=C(N)[C@@]3(CCC2)CCCc2sc(N)c(C#N)c23)n1. The van der Waals surface area contributed by atoms with Crippen molar-refractivity contribution in [1.29, 1.82) is 5.26 Å². The summed E-state index contributed by atoms with van der Waals surface area (Å²) in [7, 11) is 0. The fraction of sp³-hybridized carbons (Fsp3) is 0.571. The summed E-state index contributed by atoms with van der Waals surface area (Å²) in [5.41, 5.74) is 15.9. The number of allylic oxidation sites excluding steroid dienone is 2. The lowest BCUT2D eigenvalue weighted by atomic mass is 9.62. The van der Waals surface area contributed by atoms with Crippen molar-refractivity contribution >= 4 is 28.1 Å². The first-order valence-corrected chi connectivity index (χ1v) is 14.5. The van der Waals surface area contributed by atoms with Crippen LogP contribution in [-0.4, -0.2) is 52.4 Å². The van der Waals surface area contributed by atoms with E-state index in [0.29, 0.717) is 52.0 Å². The zero-order valence-corrected chi connectivity index (χ0v) is 22.3. The van der Waals surface area contributed by atoms with Gasteiger partial charge in [-0.1, -0.05) is 0 Å². The summed E-state index contributed by atoms with van der Waals surface area (Å²) in [4.78, 5) is 29.4. The summed E-state index contributed by atoms with van der Waals surface area (Å²) in [5, 5.41) is 10.5. The topological polar surface area (TPSA) is 125 Å². The maximum absolute atomic E-state index is 13.9. The lowest BCUT2D eigenvalue weighted by molar-refractivity contribution is 0.101. The summed E-state index contributed by atoms with van der Waals surface area (Å²) < 4.78 is 0. The second-order valence-electron chi connectivity index (χ2n) is 11.0. The maximum atomic E-state index is 13.9. The molecule has 1 spiro atoms. The number of hydrogen-bond donors (Lipinski definition) is 2. The zero-order valence-electron chi connectivity index (χ0n) is 21.5. The summed E-state index contributed by atoms with van der Waals surface area (Å²) in [6, 6.07) is 4.86. The number of hydrogen-bond acceptors (Lipinski definition) is 9. The number of nitriles is 1. The van der Waals surface area contributed by atoms with E-state index in [1.54, 1.807) is 12.3 Å². The van der Waals surface area contributed by atoms with E-state index < -0.39 is 5.41 Å². The van der Waals surface area contributed by atoms with Gasteiger partial charge in [-0.2, -0.15) is 5.26 Å². The van der Waals surface area contributed by atoms with Gasteiger partial charge in [-0.15, -0.1) is 11.3 Å². The van der Waals surface area contributed by atoms with Gasteiger partial charge < -0.3 is 16.4 Å². The van der Waals surface area contributed by atoms with Gasteiger partial charge in [0, 0.05) is 52.9 Å².